The fourth-order valence-electron chi connectivity index (χ4n) is 4.12. The van der Waals surface area contributed by atoms with Crippen LogP contribution in [0.1, 0.15) is 22.8 Å². The van der Waals surface area contributed by atoms with E-state index < -0.39 is 11.2 Å². The summed E-state index contributed by atoms with van der Waals surface area (Å²) in [5.41, 5.74) is 9.18. The predicted molar refractivity (Wildman–Crippen MR) is 158 cm³/mol. The third-order valence-electron chi connectivity index (χ3n) is 6.24. The molecule has 4 aromatic rings. The van der Waals surface area contributed by atoms with Gasteiger partial charge in [0.05, 0.1) is 37.8 Å². The Morgan fingerprint density at radius 2 is 1.56 bits per heavy atom. The highest BCUT2D eigenvalue weighted by Gasteiger charge is 2.23. The molecule has 0 saturated heterocycles. The lowest BCUT2D eigenvalue weighted by atomic mass is 9.98. The van der Waals surface area contributed by atoms with Crippen molar-refractivity contribution in [3.05, 3.63) is 83.9 Å². The Labute approximate surface area is 242 Å². The lowest BCUT2D eigenvalue weighted by Gasteiger charge is -2.18. The molecule has 1 heterocycles. The SMILES string of the molecule is COc1cc(-c2cc(-c3ccccc3)nc(SC(C)C(=O)Nc3ccc(C(N)=O)cc3)c2C#N)cc(OC)c1OC. The van der Waals surface area contributed by atoms with Crippen molar-refractivity contribution in [2.45, 2.75) is 17.2 Å². The number of nitrogens with zero attached hydrogens (tertiary/aromatic N) is 2. The number of carbonyl (C=O) groups is 2. The van der Waals surface area contributed by atoms with Crippen molar-refractivity contribution in [1.82, 2.24) is 4.98 Å². The Morgan fingerprint density at radius 3 is 2.10 bits per heavy atom. The van der Waals surface area contributed by atoms with Gasteiger partial charge in [-0.05, 0) is 55.0 Å². The van der Waals surface area contributed by atoms with Crippen molar-refractivity contribution in [3.63, 3.8) is 0 Å². The first kappa shape index (κ1) is 29.0. The first-order valence-corrected chi connectivity index (χ1v) is 13.4. The lowest BCUT2D eigenvalue weighted by molar-refractivity contribution is -0.115. The number of hydrogen-bond acceptors (Lipinski definition) is 8. The van der Waals surface area contributed by atoms with Gasteiger partial charge in [0.15, 0.2) is 11.5 Å². The number of rotatable bonds is 10. The zero-order valence-corrected chi connectivity index (χ0v) is 23.7. The molecule has 0 radical (unpaired) electrons. The number of anilines is 1. The first-order chi connectivity index (χ1) is 19.8. The largest absolute Gasteiger partial charge is 0.493 e. The average Bonchev–Trinajstić information content (AvgIpc) is 3.00. The summed E-state index contributed by atoms with van der Waals surface area (Å²) in [4.78, 5) is 29.3. The van der Waals surface area contributed by atoms with Crippen LogP contribution in [-0.2, 0) is 4.79 Å². The molecule has 3 aromatic carbocycles. The maximum Gasteiger partial charge on any atom is 0.248 e. The van der Waals surface area contributed by atoms with Gasteiger partial charge in [-0.15, -0.1) is 0 Å². The van der Waals surface area contributed by atoms with E-state index in [4.69, 9.17) is 24.9 Å². The van der Waals surface area contributed by atoms with Crippen molar-refractivity contribution >= 4 is 29.3 Å². The molecule has 1 aromatic heterocycles. The minimum Gasteiger partial charge on any atom is -0.493 e. The molecule has 41 heavy (non-hydrogen) atoms. The molecule has 0 saturated carbocycles. The number of pyridine rings is 1. The van der Waals surface area contributed by atoms with Crippen LogP contribution in [-0.4, -0.2) is 43.4 Å². The summed E-state index contributed by atoms with van der Waals surface area (Å²) in [7, 11) is 4.57. The zero-order valence-electron chi connectivity index (χ0n) is 22.9. The van der Waals surface area contributed by atoms with Crippen molar-refractivity contribution in [2.75, 3.05) is 26.6 Å². The number of amides is 2. The molecule has 0 aliphatic heterocycles. The Hall–Kier alpha value is -5.01. The summed E-state index contributed by atoms with van der Waals surface area (Å²) in [6.45, 7) is 1.73. The monoisotopic (exact) mass is 568 g/mol. The van der Waals surface area contributed by atoms with Gasteiger partial charge >= 0.3 is 0 Å². The molecule has 9 nitrogen and oxygen atoms in total. The summed E-state index contributed by atoms with van der Waals surface area (Å²) >= 11 is 1.17. The molecule has 0 fully saturated rings. The smallest absolute Gasteiger partial charge is 0.248 e. The number of nitriles is 1. The molecule has 4 rings (SSSR count). The van der Waals surface area contributed by atoms with Gasteiger partial charge in [0, 0.05) is 22.4 Å². The molecule has 3 N–H and O–H groups in total. The normalized spacial score (nSPS) is 11.2. The van der Waals surface area contributed by atoms with E-state index in [1.54, 1.807) is 31.2 Å². The molecule has 10 heteroatoms. The van der Waals surface area contributed by atoms with Crippen LogP contribution in [0.25, 0.3) is 22.4 Å². The second kappa shape index (κ2) is 12.9. The van der Waals surface area contributed by atoms with Crippen LogP contribution in [0.4, 0.5) is 5.69 Å². The molecule has 2 amide bonds. The summed E-state index contributed by atoms with van der Waals surface area (Å²) in [5, 5.41) is 12.9. The molecule has 0 aliphatic rings. The van der Waals surface area contributed by atoms with E-state index in [0.29, 0.717) is 55.9 Å². The van der Waals surface area contributed by atoms with Crippen LogP contribution >= 0.6 is 11.8 Å². The second-order valence-electron chi connectivity index (χ2n) is 8.82. The highest BCUT2D eigenvalue weighted by molar-refractivity contribution is 8.00. The summed E-state index contributed by atoms with van der Waals surface area (Å²) in [6.07, 6.45) is 0. The second-order valence-corrected chi connectivity index (χ2v) is 10.1. The van der Waals surface area contributed by atoms with Crippen molar-refractivity contribution in [2.24, 2.45) is 5.73 Å². The average molecular weight is 569 g/mol. The van der Waals surface area contributed by atoms with Crippen LogP contribution in [0.3, 0.4) is 0 Å². The molecule has 208 valence electrons. The van der Waals surface area contributed by atoms with Crippen molar-refractivity contribution in [1.29, 1.82) is 5.26 Å². The van der Waals surface area contributed by atoms with E-state index in [9.17, 15) is 14.9 Å². The number of nitrogens with two attached hydrogens (primary N) is 1. The Balaban J connectivity index is 1.77. The Bertz CT molecular complexity index is 1590. The van der Waals surface area contributed by atoms with E-state index in [-0.39, 0.29) is 5.91 Å². The number of thioether (sulfide) groups is 1. The lowest BCUT2D eigenvalue weighted by Crippen LogP contribution is -2.22. The standard InChI is InChI=1S/C31H28N4O5S/c1-18(30(37)34-22-12-10-20(11-13-22)29(33)36)41-31-24(17-32)23(16-25(35-31)19-8-6-5-7-9-19)21-14-26(38-2)28(40-4)27(15-21)39-3/h5-16,18H,1-4H3,(H2,33,36)(H,34,37). The van der Waals surface area contributed by atoms with Crippen LogP contribution in [0, 0.1) is 11.3 Å². The van der Waals surface area contributed by atoms with E-state index in [1.165, 1.54) is 45.2 Å². The topological polar surface area (TPSA) is 137 Å². The molecule has 0 aliphatic carbocycles. The van der Waals surface area contributed by atoms with E-state index in [2.05, 4.69) is 11.4 Å². The van der Waals surface area contributed by atoms with Gasteiger partial charge in [0.25, 0.3) is 0 Å². The first-order valence-electron chi connectivity index (χ1n) is 12.5. The van der Waals surface area contributed by atoms with Crippen LogP contribution in [0.5, 0.6) is 17.2 Å². The Kier molecular flexibility index (Phi) is 9.12. The molecular weight excluding hydrogens is 540 g/mol. The summed E-state index contributed by atoms with van der Waals surface area (Å²) < 4.78 is 16.6. The van der Waals surface area contributed by atoms with E-state index in [0.717, 1.165) is 5.56 Å². The van der Waals surface area contributed by atoms with E-state index >= 15 is 0 Å². The fourth-order valence-corrected chi connectivity index (χ4v) is 5.04. The zero-order chi connectivity index (χ0) is 29.5. The summed E-state index contributed by atoms with van der Waals surface area (Å²) in [5.74, 6) is 0.453. The highest BCUT2D eigenvalue weighted by atomic mass is 32.2. The van der Waals surface area contributed by atoms with Crippen LogP contribution < -0.4 is 25.3 Å². The third kappa shape index (κ3) is 6.42. The number of carbonyl (C=O) groups excluding carboxylic acids is 2. The predicted octanol–water partition coefficient (Wildman–Crippen LogP) is 5.53. The van der Waals surface area contributed by atoms with Gasteiger partial charge in [-0.2, -0.15) is 5.26 Å². The quantitative estimate of drug-likeness (QED) is 0.238. The van der Waals surface area contributed by atoms with Crippen molar-refractivity contribution < 1.29 is 23.8 Å². The van der Waals surface area contributed by atoms with Crippen LogP contribution in [0.2, 0.25) is 0 Å². The number of hydrogen-bond donors (Lipinski definition) is 2. The maximum absolute atomic E-state index is 13.1. The van der Waals surface area contributed by atoms with Crippen LogP contribution in [0.15, 0.2) is 77.8 Å². The van der Waals surface area contributed by atoms with Gasteiger partial charge in [-0.25, -0.2) is 4.98 Å². The Morgan fingerprint density at radius 1 is 0.927 bits per heavy atom. The maximum atomic E-state index is 13.1. The highest BCUT2D eigenvalue weighted by Crippen LogP contribution is 2.43. The van der Waals surface area contributed by atoms with Gasteiger partial charge in [0.1, 0.15) is 11.1 Å². The number of nitrogens with one attached hydrogen (secondary N) is 1. The number of benzene rings is 3. The minimum absolute atomic E-state index is 0.299. The molecular formula is C31H28N4O5S. The molecule has 0 bridgehead atoms. The van der Waals surface area contributed by atoms with Gasteiger partial charge in [-0.1, -0.05) is 42.1 Å². The molecule has 1 atom stereocenters. The molecule has 1 unspecified atom stereocenters. The van der Waals surface area contributed by atoms with E-state index in [1.807, 2.05) is 36.4 Å². The van der Waals surface area contributed by atoms with Crippen molar-refractivity contribution in [3.8, 4) is 45.7 Å². The fraction of sp³-hybridized carbons (Fsp3) is 0.161. The number of methoxy groups -OCH3 is 3. The number of aromatic nitrogens is 1. The number of primary amides is 1. The summed E-state index contributed by atoms with van der Waals surface area (Å²) in [6, 6.07) is 23.5. The van der Waals surface area contributed by atoms with Gasteiger partial charge in [-0.3, -0.25) is 9.59 Å². The van der Waals surface area contributed by atoms with Gasteiger partial charge < -0.3 is 25.3 Å². The number of ether oxygens (including phenoxy) is 3. The molecule has 0 spiro atoms. The minimum atomic E-state index is -0.621. The third-order valence-corrected chi connectivity index (χ3v) is 7.32. The van der Waals surface area contributed by atoms with Gasteiger partial charge in [0.2, 0.25) is 17.6 Å².